The molecule has 0 amide bonds. The Kier molecular flexibility index (Phi) is 3.95. The van der Waals surface area contributed by atoms with Crippen LogP contribution in [-0.4, -0.2) is 24.3 Å². The molecule has 7 nitrogen and oxygen atoms in total. The Morgan fingerprint density at radius 2 is 2.04 bits per heavy atom. The van der Waals surface area contributed by atoms with E-state index in [0.29, 0.717) is 16.0 Å². The molecule has 0 radical (unpaired) electrons. The first-order chi connectivity index (χ1) is 11.3. The van der Waals surface area contributed by atoms with Gasteiger partial charge in [0.1, 0.15) is 5.65 Å². The lowest BCUT2D eigenvalue weighted by atomic mass is 10.3. The predicted molar refractivity (Wildman–Crippen MR) is 80.9 cm³/mol. The first-order valence-electron chi connectivity index (χ1n) is 6.65. The van der Waals surface area contributed by atoms with Gasteiger partial charge in [-0.1, -0.05) is 17.8 Å². The fourth-order valence-electron chi connectivity index (χ4n) is 2.04. The third-order valence-corrected chi connectivity index (χ3v) is 4.10. The van der Waals surface area contributed by atoms with Crippen LogP contribution < -0.4 is 11.4 Å². The summed E-state index contributed by atoms with van der Waals surface area (Å²) in [6.45, 7) is 1.85. The van der Waals surface area contributed by atoms with Crippen molar-refractivity contribution in [2.75, 3.05) is 5.84 Å². The molecule has 3 aromatic rings. The maximum Gasteiger partial charge on any atom is 0.453 e. The highest BCUT2D eigenvalue weighted by atomic mass is 32.2. The minimum Gasteiger partial charge on any atom is -0.335 e. The van der Waals surface area contributed by atoms with Crippen LogP contribution in [0.5, 0.6) is 0 Å². The summed E-state index contributed by atoms with van der Waals surface area (Å²) in [5.41, 5.74) is 1.49. The number of hydrogen-bond donors (Lipinski definition) is 1. The second kappa shape index (κ2) is 5.82. The van der Waals surface area contributed by atoms with E-state index in [-0.39, 0.29) is 16.5 Å². The second-order valence-corrected chi connectivity index (χ2v) is 5.93. The number of alkyl halides is 3. The van der Waals surface area contributed by atoms with Gasteiger partial charge in [-0.15, -0.1) is 10.2 Å². The van der Waals surface area contributed by atoms with E-state index in [1.807, 2.05) is 13.0 Å². The van der Waals surface area contributed by atoms with Crippen LogP contribution in [0, 0.1) is 6.92 Å². The number of halogens is 3. The molecule has 0 aromatic carbocycles. The van der Waals surface area contributed by atoms with Crippen LogP contribution >= 0.6 is 11.8 Å². The molecule has 0 aliphatic rings. The minimum absolute atomic E-state index is 0.117. The van der Waals surface area contributed by atoms with E-state index in [2.05, 4.69) is 15.2 Å². The molecule has 0 aliphatic heterocycles. The van der Waals surface area contributed by atoms with E-state index >= 15 is 0 Å². The Morgan fingerprint density at radius 3 is 2.71 bits per heavy atom. The van der Waals surface area contributed by atoms with Crippen molar-refractivity contribution in [1.29, 1.82) is 0 Å². The van der Waals surface area contributed by atoms with Crippen molar-refractivity contribution >= 4 is 17.4 Å². The van der Waals surface area contributed by atoms with Gasteiger partial charge in [0, 0.05) is 18.0 Å². The zero-order chi connectivity index (χ0) is 17.5. The van der Waals surface area contributed by atoms with Crippen molar-refractivity contribution in [3.63, 3.8) is 0 Å². The molecule has 0 saturated heterocycles. The first kappa shape index (κ1) is 16.3. The molecule has 0 fully saturated rings. The molecule has 0 aliphatic carbocycles. The van der Waals surface area contributed by atoms with Gasteiger partial charge in [0.25, 0.3) is 11.4 Å². The highest BCUT2D eigenvalue weighted by Crippen LogP contribution is 2.29. The highest BCUT2D eigenvalue weighted by molar-refractivity contribution is 7.98. The number of nitrogen functional groups attached to an aromatic ring is 1. The van der Waals surface area contributed by atoms with E-state index in [4.69, 9.17) is 5.84 Å². The summed E-state index contributed by atoms with van der Waals surface area (Å²) < 4.78 is 39.6. The number of aryl methyl sites for hydroxylation is 1. The van der Waals surface area contributed by atoms with E-state index in [1.54, 1.807) is 12.3 Å². The Hall–Kier alpha value is -2.56. The SMILES string of the molecule is Cc1ccc2nc(CSc3nnc(C(F)(F)F)n3N)cc(=O)n2c1. The van der Waals surface area contributed by atoms with Crippen molar-refractivity contribution in [3.8, 4) is 0 Å². The van der Waals surface area contributed by atoms with Gasteiger partial charge in [-0.05, 0) is 18.6 Å². The summed E-state index contributed by atoms with van der Waals surface area (Å²) in [5, 5.41) is 6.33. The van der Waals surface area contributed by atoms with Crippen LogP contribution in [0.15, 0.2) is 34.3 Å². The van der Waals surface area contributed by atoms with Crippen molar-refractivity contribution < 1.29 is 13.2 Å². The van der Waals surface area contributed by atoms with Crippen LogP contribution in [-0.2, 0) is 11.9 Å². The maximum atomic E-state index is 12.6. The average molecular weight is 356 g/mol. The minimum atomic E-state index is -4.68. The number of thioether (sulfide) groups is 1. The third-order valence-electron chi connectivity index (χ3n) is 3.13. The molecule has 0 saturated carbocycles. The van der Waals surface area contributed by atoms with Gasteiger partial charge in [0.2, 0.25) is 5.16 Å². The van der Waals surface area contributed by atoms with Crippen LogP contribution in [0.4, 0.5) is 13.2 Å². The smallest absolute Gasteiger partial charge is 0.335 e. The number of fused-ring (bicyclic) bond motifs is 1. The number of rotatable bonds is 3. The fourth-order valence-corrected chi connectivity index (χ4v) is 2.79. The number of aromatic nitrogens is 5. The Labute approximate surface area is 137 Å². The van der Waals surface area contributed by atoms with Gasteiger partial charge in [-0.3, -0.25) is 9.20 Å². The van der Waals surface area contributed by atoms with Crippen molar-refractivity contribution in [2.45, 2.75) is 24.0 Å². The molecule has 3 heterocycles. The summed E-state index contributed by atoms with van der Waals surface area (Å²) in [6, 6.07) is 4.82. The molecule has 0 spiro atoms. The maximum absolute atomic E-state index is 12.6. The first-order valence-corrected chi connectivity index (χ1v) is 7.63. The largest absolute Gasteiger partial charge is 0.453 e. The van der Waals surface area contributed by atoms with E-state index in [1.165, 1.54) is 10.5 Å². The molecule has 0 unspecified atom stereocenters. The summed E-state index contributed by atoms with van der Waals surface area (Å²) >= 11 is 0.911. The lowest BCUT2D eigenvalue weighted by Crippen LogP contribution is -2.21. The topological polar surface area (TPSA) is 91.1 Å². The zero-order valence-corrected chi connectivity index (χ0v) is 13.1. The van der Waals surface area contributed by atoms with Gasteiger partial charge in [0.15, 0.2) is 0 Å². The van der Waals surface area contributed by atoms with Gasteiger partial charge < -0.3 is 5.84 Å². The normalized spacial score (nSPS) is 12.0. The van der Waals surface area contributed by atoms with Gasteiger partial charge in [0.05, 0.1) is 5.69 Å². The molecule has 11 heteroatoms. The van der Waals surface area contributed by atoms with Crippen LogP contribution in [0.3, 0.4) is 0 Å². The Morgan fingerprint density at radius 1 is 1.29 bits per heavy atom. The third kappa shape index (κ3) is 3.07. The number of hydrogen-bond acceptors (Lipinski definition) is 6. The van der Waals surface area contributed by atoms with E-state index < -0.39 is 12.0 Å². The Balaban J connectivity index is 1.85. The number of nitrogens with two attached hydrogens (primary N) is 1. The van der Waals surface area contributed by atoms with Crippen molar-refractivity contribution in [2.24, 2.45) is 0 Å². The van der Waals surface area contributed by atoms with Crippen LogP contribution in [0.25, 0.3) is 5.65 Å². The molecule has 24 heavy (non-hydrogen) atoms. The van der Waals surface area contributed by atoms with E-state index in [9.17, 15) is 18.0 Å². The lowest BCUT2D eigenvalue weighted by molar-refractivity contribution is -0.146. The standard InChI is InChI=1S/C13H11F3N6OS/c1-7-2-3-9-18-8(4-10(23)21(9)5-7)6-24-12-20-19-11(22(12)17)13(14,15)16/h2-5H,6,17H2,1H3. The lowest BCUT2D eigenvalue weighted by Gasteiger charge is -2.06. The number of nitrogens with zero attached hydrogens (tertiary/aromatic N) is 5. The zero-order valence-electron chi connectivity index (χ0n) is 12.3. The monoisotopic (exact) mass is 356 g/mol. The van der Waals surface area contributed by atoms with Crippen molar-refractivity contribution in [1.82, 2.24) is 24.3 Å². The number of pyridine rings is 1. The van der Waals surface area contributed by atoms with E-state index in [0.717, 1.165) is 17.3 Å². The molecule has 3 rings (SSSR count). The summed E-state index contributed by atoms with van der Waals surface area (Å²) in [4.78, 5) is 16.4. The molecule has 0 atom stereocenters. The van der Waals surface area contributed by atoms with Crippen LogP contribution in [0.2, 0.25) is 0 Å². The average Bonchev–Trinajstić information content (AvgIpc) is 2.87. The van der Waals surface area contributed by atoms with Gasteiger partial charge in [-0.25, -0.2) is 9.66 Å². The molecular weight excluding hydrogens is 345 g/mol. The van der Waals surface area contributed by atoms with Gasteiger partial charge >= 0.3 is 6.18 Å². The molecule has 126 valence electrons. The summed E-state index contributed by atoms with van der Waals surface area (Å²) in [6.07, 6.45) is -3.02. The van der Waals surface area contributed by atoms with Crippen LogP contribution in [0.1, 0.15) is 17.1 Å². The van der Waals surface area contributed by atoms with Gasteiger partial charge in [-0.2, -0.15) is 13.2 Å². The predicted octanol–water partition coefficient (Wildman–Crippen LogP) is 1.62. The molecule has 0 bridgehead atoms. The molecule has 2 N–H and O–H groups in total. The summed E-state index contributed by atoms with van der Waals surface area (Å²) in [5.74, 6) is 4.20. The summed E-state index contributed by atoms with van der Waals surface area (Å²) in [7, 11) is 0. The molecular formula is C13H11F3N6OS. The Bertz CT molecular complexity index is 964. The quantitative estimate of drug-likeness (QED) is 0.566. The fraction of sp³-hybridized carbons (Fsp3) is 0.231. The highest BCUT2D eigenvalue weighted by Gasteiger charge is 2.38. The van der Waals surface area contributed by atoms with Crippen molar-refractivity contribution in [3.05, 3.63) is 51.8 Å². The second-order valence-electron chi connectivity index (χ2n) is 4.98. The molecule has 3 aromatic heterocycles.